The summed E-state index contributed by atoms with van der Waals surface area (Å²) in [7, 11) is 4.78. The summed E-state index contributed by atoms with van der Waals surface area (Å²) in [5, 5.41) is 7.18. The Kier molecular flexibility index (Phi) is 7.29. The summed E-state index contributed by atoms with van der Waals surface area (Å²) in [5.74, 6) is 1.23. The first kappa shape index (κ1) is 21.6. The van der Waals surface area contributed by atoms with Crippen LogP contribution in [0.4, 0.5) is 5.69 Å². The molecule has 1 unspecified atom stereocenters. The molecule has 2 aromatic rings. The van der Waals surface area contributed by atoms with E-state index in [4.69, 9.17) is 14.2 Å². The topological polar surface area (TPSA) is 94.9 Å². The fourth-order valence-corrected chi connectivity index (χ4v) is 3.50. The summed E-state index contributed by atoms with van der Waals surface area (Å²) in [5.41, 5.74) is 1.41. The van der Waals surface area contributed by atoms with Gasteiger partial charge in [0.25, 0.3) is 5.56 Å². The lowest BCUT2D eigenvalue weighted by atomic mass is 10.1. The van der Waals surface area contributed by atoms with Gasteiger partial charge in [-0.05, 0) is 24.6 Å². The van der Waals surface area contributed by atoms with Gasteiger partial charge in [0, 0.05) is 38.4 Å². The van der Waals surface area contributed by atoms with Gasteiger partial charge in [0.15, 0.2) is 0 Å². The fraction of sp³-hybridized carbons (Fsp3) is 0.476. The maximum atomic E-state index is 12.7. The number of ether oxygens (including phenoxy) is 3. The second-order valence-electron chi connectivity index (χ2n) is 7.10. The fourth-order valence-electron chi connectivity index (χ4n) is 3.50. The Balaban J connectivity index is 1.58. The van der Waals surface area contributed by atoms with Crippen molar-refractivity contribution >= 4 is 11.6 Å². The lowest BCUT2D eigenvalue weighted by Crippen LogP contribution is -2.33. The average molecular weight is 416 g/mol. The quantitative estimate of drug-likeness (QED) is 0.653. The number of methoxy groups -OCH3 is 3. The van der Waals surface area contributed by atoms with Crippen molar-refractivity contribution in [2.24, 2.45) is 5.92 Å². The molecule has 1 amide bonds. The molecule has 3 rings (SSSR count). The van der Waals surface area contributed by atoms with Crippen molar-refractivity contribution < 1.29 is 19.0 Å². The van der Waals surface area contributed by atoms with Gasteiger partial charge in [0.2, 0.25) is 5.91 Å². The zero-order valence-electron chi connectivity index (χ0n) is 17.6. The first-order valence-corrected chi connectivity index (χ1v) is 9.85. The zero-order valence-corrected chi connectivity index (χ0v) is 17.6. The van der Waals surface area contributed by atoms with E-state index >= 15 is 0 Å². The van der Waals surface area contributed by atoms with Crippen molar-refractivity contribution in [1.29, 1.82) is 0 Å². The van der Waals surface area contributed by atoms with Crippen LogP contribution in [0, 0.1) is 5.92 Å². The molecule has 0 aliphatic carbocycles. The molecule has 0 spiro atoms. The highest BCUT2D eigenvalue weighted by atomic mass is 16.5. The van der Waals surface area contributed by atoms with Gasteiger partial charge in [-0.1, -0.05) is 0 Å². The van der Waals surface area contributed by atoms with E-state index in [0.717, 1.165) is 11.3 Å². The van der Waals surface area contributed by atoms with Crippen molar-refractivity contribution in [3.05, 3.63) is 46.4 Å². The Morgan fingerprint density at radius 3 is 2.77 bits per heavy atom. The van der Waals surface area contributed by atoms with Crippen LogP contribution in [-0.4, -0.2) is 56.7 Å². The third-order valence-corrected chi connectivity index (χ3v) is 5.23. The largest absolute Gasteiger partial charge is 0.497 e. The third-order valence-electron chi connectivity index (χ3n) is 5.23. The highest BCUT2D eigenvalue weighted by Gasteiger charge is 2.29. The number of rotatable bonds is 9. The molecular weight excluding hydrogens is 388 g/mol. The van der Waals surface area contributed by atoms with Crippen LogP contribution in [-0.2, 0) is 22.6 Å². The van der Waals surface area contributed by atoms with Crippen LogP contribution in [0.25, 0.3) is 0 Å². The highest BCUT2D eigenvalue weighted by molar-refractivity contribution is 5.80. The molecule has 1 aromatic heterocycles. The number of nitrogens with zero attached hydrogens (tertiary/aromatic N) is 3. The molecule has 1 saturated heterocycles. The Bertz CT molecular complexity index is 930. The van der Waals surface area contributed by atoms with Crippen molar-refractivity contribution in [3.63, 3.8) is 0 Å². The molecule has 0 radical (unpaired) electrons. The summed E-state index contributed by atoms with van der Waals surface area (Å²) in [6.07, 6.45) is 2.38. The number of nitrogens with one attached hydrogen (secondary N) is 1. The molecular formula is C21H28N4O5. The first-order chi connectivity index (χ1) is 14.5. The van der Waals surface area contributed by atoms with Gasteiger partial charge in [-0.15, -0.1) is 0 Å². The molecule has 1 atom stereocenters. The number of aromatic nitrogens is 2. The molecule has 9 heteroatoms. The second-order valence-corrected chi connectivity index (χ2v) is 7.10. The molecule has 162 valence electrons. The van der Waals surface area contributed by atoms with E-state index in [0.29, 0.717) is 50.7 Å². The zero-order chi connectivity index (χ0) is 21.5. The van der Waals surface area contributed by atoms with Crippen LogP contribution in [0.1, 0.15) is 12.0 Å². The van der Waals surface area contributed by atoms with Gasteiger partial charge in [0.1, 0.15) is 11.5 Å². The van der Waals surface area contributed by atoms with E-state index in [1.165, 1.54) is 4.68 Å². The van der Waals surface area contributed by atoms with Crippen molar-refractivity contribution in [2.75, 3.05) is 45.9 Å². The molecule has 1 fully saturated rings. The van der Waals surface area contributed by atoms with E-state index in [9.17, 15) is 9.59 Å². The average Bonchev–Trinajstić information content (AvgIpc) is 3.26. The predicted octanol–water partition coefficient (Wildman–Crippen LogP) is 1.05. The molecule has 0 saturated carbocycles. The van der Waals surface area contributed by atoms with Gasteiger partial charge in [-0.2, -0.15) is 5.10 Å². The predicted molar refractivity (Wildman–Crippen MR) is 112 cm³/mol. The molecule has 1 aliphatic rings. The van der Waals surface area contributed by atoms with Crippen molar-refractivity contribution in [3.8, 4) is 11.5 Å². The standard InChI is InChI=1S/C21H28N4O5/c1-28-9-8-25-20(26)11-17(13-23-25)24-7-6-15(14-24)21(27)22-12-16-10-18(29-2)4-5-19(16)30-3/h4-5,10-11,13,15H,6-9,12,14H2,1-3H3,(H,22,27). The molecule has 2 heterocycles. The number of carbonyl (C=O) groups is 1. The molecule has 1 aromatic carbocycles. The maximum Gasteiger partial charge on any atom is 0.268 e. The highest BCUT2D eigenvalue weighted by Crippen LogP contribution is 2.25. The van der Waals surface area contributed by atoms with Gasteiger partial charge < -0.3 is 24.4 Å². The van der Waals surface area contributed by atoms with E-state index in [2.05, 4.69) is 10.4 Å². The smallest absolute Gasteiger partial charge is 0.268 e. The van der Waals surface area contributed by atoms with Gasteiger partial charge in [0.05, 0.1) is 45.2 Å². The van der Waals surface area contributed by atoms with Crippen LogP contribution < -0.4 is 25.2 Å². The van der Waals surface area contributed by atoms with E-state index in [1.807, 2.05) is 23.1 Å². The first-order valence-electron chi connectivity index (χ1n) is 9.85. The Morgan fingerprint density at radius 2 is 2.07 bits per heavy atom. The number of anilines is 1. The normalized spacial score (nSPS) is 15.8. The Labute approximate surface area is 175 Å². The molecule has 1 N–H and O–H groups in total. The molecule has 1 aliphatic heterocycles. The van der Waals surface area contributed by atoms with Gasteiger partial charge >= 0.3 is 0 Å². The monoisotopic (exact) mass is 416 g/mol. The van der Waals surface area contributed by atoms with Crippen LogP contribution >= 0.6 is 0 Å². The van der Waals surface area contributed by atoms with Crippen LogP contribution in [0.3, 0.4) is 0 Å². The lowest BCUT2D eigenvalue weighted by molar-refractivity contribution is -0.124. The van der Waals surface area contributed by atoms with Crippen LogP contribution in [0.2, 0.25) is 0 Å². The van der Waals surface area contributed by atoms with Crippen LogP contribution in [0.15, 0.2) is 35.3 Å². The van der Waals surface area contributed by atoms with E-state index in [1.54, 1.807) is 33.6 Å². The summed E-state index contributed by atoms with van der Waals surface area (Å²) < 4.78 is 17.0. The lowest BCUT2D eigenvalue weighted by Gasteiger charge is -2.18. The van der Waals surface area contributed by atoms with Crippen molar-refractivity contribution in [2.45, 2.75) is 19.5 Å². The molecule has 30 heavy (non-hydrogen) atoms. The second kappa shape index (κ2) is 10.1. The van der Waals surface area contributed by atoms with Gasteiger partial charge in [-0.3, -0.25) is 9.59 Å². The van der Waals surface area contributed by atoms with Crippen LogP contribution in [0.5, 0.6) is 11.5 Å². The summed E-state index contributed by atoms with van der Waals surface area (Å²) >= 11 is 0. The minimum Gasteiger partial charge on any atom is -0.497 e. The summed E-state index contributed by atoms with van der Waals surface area (Å²) in [6, 6.07) is 7.05. The van der Waals surface area contributed by atoms with Gasteiger partial charge in [-0.25, -0.2) is 4.68 Å². The van der Waals surface area contributed by atoms with E-state index in [-0.39, 0.29) is 17.4 Å². The minimum atomic E-state index is -0.178. The Hall–Kier alpha value is -3.07. The number of carbonyl (C=O) groups excluding carboxylic acids is 1. The SMILES string of the molecule is COCCn1ncc(N2CCC(C(=O)NCc3cc(OC)ccc3OC)C2)cc1=O. The Morgan fingerprint density at radius 1 is 1.23 bits per heavy atom. The third kappa shape index (κ3) is 5.10. The number of hydrogen-bond donors (Lipinski definition) is 1. The number of benzene rings is 1. The number of hydrogen-bond acceptors (Lipinski definition) is 7. The van der Waals surface area contributed by atoms with E-state index < -0.39 is 0 Å². The van der Waals surface area contributed by atoms with Crippen molar-refractivity contribution in [1.82, 2.24) is 15.1 Å². The number of amides is 1. The minimum absolute atomic E-state index is 0.0243. The molecule has 9 nitrogen and oxygen atoms in total. The molecule has 0 bridgehead atoms. The maximum absolute atomic E-state index is 12.7. The summed E-state index contributed by atoms with van der Waals surface area (Å²) in [6.45, 7) is 2.44. The summed E-state index contributed by atoms with van der Waals surface area (Å²) in [4.78, 5) is 26.9.